The molecule has 3 N–H and O–H groups in total. The molecule has 0 radical (unpaired) electrons. The van der Waals surface area contributed by atoms with Gasteiger partial charge in [-0.3, -0.25) is 24.6 Å². The predicted octanol–water partition coefficient (Wildman–Crippen LogP) is 7.32. The normalized spacial score (nSPS) is 17.2. The summed E-state index contributed by atoms with van der Waals surface area (Å²) < 4.78 is 41.8. The number of rotatable bonds is 13. The number of piperazine rings is 1. The first kappa shape index (κ1) is 43.2. The molecule has 19 heteroatoms. The SMILES string of the molecule is O=C(NS(=O)(=O)c1ccc(NCC2CCOCC2)c([N+](=O)[O-])c1)c1ccc(N2CCN(C[C@@H]3Cc4ccccc4CN3C(=O)c3ccc(Cl)s3)CC2)cc1Oc1cnc2[nH]ccc2c1. The molecule has 0 bridgehead atoms. The average molecular weight is 925 g/mol. The van der Waals surface area contributed by atoms with Gasteiger partial charge in [0.05, 0.1) is 30.8 Å². The number of ether oxygens (including phenoxy) is 2. The van der Waals surface area contributed by atoms with E-state index in [0.29, 0.717) is 79.6 Å². The molecular formula is C45H45ClN8O8S2. The maximum Gasteiger partial charge on any atom is 0.293 e. The number of carbonyl (C=O) groups excluding carboxylic acids is 2. The number of pyridine rings is 1. The second-order valence-corrected chi connectivity index (χ2v) is 19.5. The summed E-state index contributed by atoms with van der Waals surface area (Å²) >= 11 is 7.51. The summed E-state index contributed by atoms with van der Waals surface area (Å²) in [7, 11) is -4.58. The molecule has 9 rings (SSSR count). The van der Waals surface area contributed by atoms with Crippen LogP contribution in [0.1, 0.15) is 44.0 Å². The van der Waals surface area contributed by atoms with Gasteiger partial charge in [0, 0.05) is 94.5 Å². The third kappa shape index (κ3) is 9.56. The van der Waals surface area contributed by atoms with E-state index in [1.54, 1.807) is 36.5 Å². The zero-order valence-corrected chi connectivity index (χ0v) is 37.0. The van der Waals surface area contributed by atoms with Crippen molar-refractivity contribution in [1.82, 2.24) is 24.5 Å². The van der Waals surface area contributed by atoms with E-state index in [0.717, 1.165) is 42.0 Å². The first-order valence-electron chi connectivity index (χ1n) is 21.0. The van der Waals surface area contributed by atoms with Gasteiger partial charge in [-0.1, -0.05) is 35.9 Å². The lowest BCUT2D eigenvalue weighted by Crippen LogP contribution is -2.54. The van der Waals surface area contributed by atoms with Gasteiger partial charge >= 0.3 is 0 Å². The summed E-state index contributed by atoms with van der Waals surface area (Å²) in [6.07, 6.45) is 5.61. The van der Waals surface area contributed by atoms with Crippen LogP contribution in [0.5, 0.6) is 11.5 Å². The fourth-order valence-corrected chi connectivity index (χ4v) is 10.5. The second-order valence-electron chi connectivity index (χ2n) is 16.1. The minimum atomic E-state index is -4.58. The number of hydrogen-bond donors (Lipinski definition) is 3. The van der Waals surface area contributed by atoms with Gasteiger partial charge in [-0.15, -0.1) is 11.3 Å². The summed E-state index contributed by atoms with van der Waals surface area (Å²) in [5.74, 6) is -0.338. The molecule has 2 fully saturated rings. The number of carbonyl (C=O) groups is 2. The Bertz CT molecular complexity index is 2820. The molecule has 3 aliphatic heterocycles. The van der Waals surface area contributed by atoms with Crippen molar-refractivity contribution in [2.45, 2.75) is 36.7 Å². The Balaban J connectivity index is 0.919. The van der Waals surface area contributed by atoms with Gasteiger partial charge in [0.1, 0.15) is 22.8 Å². The van der Waals surface area contributed by atoms with Crippen LogP contribution >= 0.6 is 22.9 Å². The van der Waals surface area contributed by atoms with Crippen LogP contribution in [0.15, 0.2) is 102 Å². The number of halogens is 1. The van der Waals surface area contributed by atoms with Crippen LogP contribution in [-0.4, -0.2) is 103 Å². The number of aromatic nitrogens is 2. The van der Waals surface area contributed by atoms with E-state index in [1.165, 1.54) is 41.3 Å². The van der Waals surface area contributed by atoms with Crippen LogP contribution in [0.25, 0.3) is 11.0 Å². The molecule has 64 heavy (non-hydrogen) atoms. The number of hydrogen-bond acceptors (Lipinski definition) is 13. The van der Waals surface area contributed by atoms with Crippen molar-refractivity contribution in [3.63, 3.8) is 0 Å². The number of H-pyrrole nitrogens is 1. The third-order valence-corrected chi connectivity index (χ3v) is 14.6. The van der Waals surface area contributed by atoms with Crippen molar-refractivity contribution in [2.24, 2.45) is 5.92 Å². The minimum absolute atomic E-state index is 0.0292. The molecule has 3 aliphatic rings. The fraction of sp³-hybridized carbons (Fsp3) is 0.311. The van der Waals surface area contributed by atoms with Crippen LogP contribution in [0, 0.1) is 16.0 Å². The maximum atomic E-state index is 13.9. The summed E-state index contributed by atoms with van der Waals surface area (Å²) in [4.78, 5) is 53.3. The zero-order valence-electron chi connectivity index (χ0n) is 34.6. The number of fused-ring (bicyclic) bond motifs is 2. The molecule has 0 aliphatic carbocycles. The minimum Gasteiger partial charge on any atom is -0.455 e. The molecule has 0 spiro atoms. The highest BCUT2D eigenvalue weighted by atomic mass is 35.5. The Hall–Kier alpha value is -6.05. The molecule has 1 atom stereocenters. The number of nitro groups is 1. The van der Waals surface area contributed by atoms with Gasteiger partial charge in [0.2, 0.25) is 0 Å². The van der Waals surface area contributed by atoms with Gasteiger partial charge in [-0.2, -0.15) is 0 Å². The largest absolute Gasteiger partial charge is 0.455 e. The van der Waals surface area contributed by atoms with Crippen molar-refractivity contribution in [3.8, 4) is 11.5 Å². The Morgan fingerprint density at radius 2 is 1.78 bits per heavy atom. The monoisotopic (exact) mass is 924 g/mol. The van der Waals surface area contributed by atoms with Gasteiger partial charge in [-0.05, 0) is 84.8 Å². The van der Waals surface area contributed by atoms with Crippen molar-refractivity contribution in [1.29, 1.82) is 0 Å². The van der Waals surface area contributed by atoms with Crippen LogP contribution in [0.4, 0.5) is 17.1 Å². The topological polar surface area (TPSA) is 192 Å². The van der Waals surface area contributed by atoms with E-state index in [-0.39, 0.29) is 34.9 Å². The fourth-order valence-electron chi connectivity index (χ4n) is 8.55. The van der Waals surface area contributed by atoms with Crippen LogP contribution in [0.2, 0.25) is 4.34 Å². The highest BCUT2D eigenvalue weighted by Crippen LogP contribution is 2.34. The van der Waals surface area contributed by atoms with E-state index in [2.05, 4.69) is 41.9 Å². The number of nitrogens with zero attached hydrogens (tertiary/aromatic N) is 5. The predicted molar refractivity (Wildman–Crippen MR) is 244 cm³/mol. The van der Waals surface area contributed by atoms with E-state index < -0.39 is 31.4 Å². The number of nitro benzene ring substituents is 1. The van der Waals surface area contributed by atoms with Crippen LogP contribution in [-0.2, 0) is 27.7 Å². The first-order valence-corrected chi connectivity index (χ1v) is 23.7. The van der Waals surface area contributed by atoms with E-state index >= 15 is 0 Å². The van der Waals surface area contributed by atoms with E-state index in [1.807, 2.05) is 23.1 Å². The molecule has 0 unspecified atom stereocenters. The van der Waals surface area contributed by atoms with Gasteiger partial charge < -0.3 is 29.6 Å². The highest BCUT2D eigenvalue weighted by Gasteiger charge is 2.34. The molecule has 3 aromatic carbocycles. The van der Waals surface area contributed by atoms with E-state index in [9.17, 15) is 28.1 Å². The van der Waals surface area contributed by atoms with Gasteiger partial charge in [0.15, 0.2) is 0 Å². The average Bonchev–Trinajstić information content (AvgIpc) is 3.97. The van der Waals surface area contributed by atoms with Gasteiger partial charge in [-0.25, -0.2) is 18.1 Å². The zero-order chi connectivity index (χ0) is 44.4. The number of thiophene rings is 1. The molecular weight excluding hydrogens is 880 g/mol. The van der Waals surface area contributed by atoms with Crippen molar-refractivity contribution in [3.05, 3.63) is 133 Å². The van der Waals surface area contributed by atoms with Crippen LogP contribution < -0.4 is 19.7 Å². The molecule has 16 nitrogen and oxygen atoms in total. The first-order chi connectivity index (χ1) is 31.0. The van der Waals surface area contributed by atoms with Crippen molar-refractivity contribution in [2.75, 3.05) is 62.7 Å². The Kier molecular flexibility index (Phi) is 12.5. The summed E-state index contributed by atoms with van der Waals surface area (Å²) in [6, 6.07) is 23.8. The third-order valence-electron chi connectivity index (χ3n) is 12.0. The standard InChI is InChI=1S/C45H45ClN8O8S2/c46-42-10-9-41(63-42)45(56)53-27-32-4-2-1-3-30(32)21-34(53)28-51-15-17-52(18-16-51)33-5-7-37(40(23-33)62-35-22-31-11-14-47-43(31)49-26-35)44(55)50-64(59,60)36-6-8-38(39(24-36)54(57)58)48-25-29-12-19-61-20-13-29/h1-11,14,22-24,26,29,34,48H,12-13,15-21,25,27-28H2,(H,47,49)(H,50,55)/t34-/m0/s1. The number of sulfonamides is 1. The number of nitrogens with one attached hydrogen (secondary N) is 3. The van der Waals surface area contributed by atoms with Crippen molar-refractivity contribution < 1.29 is 32.4 Å². The smallest absolute Gasteiger partial charge is 0.293 e. The lowest BCUT2D eigenvalue weighted by atomic mass is 9.93. The molecule has 2 saturated heterocycles. The van der Waals surface area contributed by atoms with Crippen molar-refractivity contribution >= 4 is 72.9 Å². The van der Waals surface area contributed by atoms with Gasteiger partial charge in [0.25, 0.3) is 27.5 Å². The van der Waals surface area contributed by atoms with Crippen LogP contribution in [0.3, 0.4) is 0 Å². The molecule has 0 saturated carbocycles. The Morgan fingerprint density at radius 3 is 2.55 bits per heavy atom. The Labute approximate surface area is 378 Å². The van der Waals surface area contributed by atoms with E-state index in [4.69, 9.17) is 21.1 Å². The number of benzene rings is 3. The molecule has 2 amide bonds. The number of aromatic amines is 1. The summed E-state index contributed by atoms with van der Waals surface area (Å²) in [5, 5.41) is 16.0. The maximum absolute atomic E-state index is 13.9. The molecule has 6 aromatic rings. The second kappa shape index (κ2) is 18.6. The lowest BCUT2D eigenvalue weighted by Gasteiger charge is -2.42. The number of anilines is 2. The quantitative estimate of drug-likeness (QED) is 0.0774. The molecule has 3 aromatic heterocycles. The highest BCUT2D eigenvalue weighted by molar-refractivity contribution is 7.90. The summed E-state index contributed by atoms with van der Waals surface area (Å²) in [6.45, 7) is 5.57. The lowest BCUT2D eigenvalue weighted by molar-refractivity contribution is -0.384. The number of amides is 2. The Morgan fingerprint density at radius 1 is 0.984 bits per heavy atom. The molecule has 6 heterocycles. The molecule has 332 valence electrons. The summed E-state index contributed by atoms with van der Waals surface area (Å²) in [5.41, 5.74) is 3.45.